The second kappa shape index (κ2) is 3.93. The highest BCUT2D eigenvalue weighted by Gasteiger charge is 2.20. The number of aryl methyl sites for hydroxylation is 1. The number of hydrogen-bond donors (Lipinski definition) is 1. The molecule has 0 aromatic heterocycles. The summed E-state index contributed by atoms with van der Waals surface area (Å²) >= 11 is 0. The van der Waals surface area contributed by atoms with E-state index in [2.05, 4.69) is 4.90 Å². The van der Waals surface area contributed by atoms with Crippen LogP contribution >= 0.6 is 0 Å². The van der Waals surface area contributed by atoms with E-state index >= 15 is 0 Å². The summed E-state index contributed by atoms with van der Waals surface area (Å²) in [5.74, 6) is -0.824. The molecule has 0 spiro atoms. The molecule has 80 valence electrons. The van der Waals surface area contributed by atoms with Gasteiger partial charge in [0, 0.05) is 13.1 Å². The molecule has 0 unspecified atom stereocenters. The third kappa shape index (κ3) is 1.82. The summed E-state index contributed by atoms with van der Waals surface area (Å²) in [6.07, 6.45) is 2.32. The van der Waals surface area contributed by atoms with Crippen molar-refractivity contribution >= 4 is 11.7 Å². The van der Waals surface area contributed by atoms with Crippen molar-refractivity contribution in [1.29, 1.82) is 0 Å². The average molecular weight is 205 g/mol. The van der Waals surface area contributed by atoms with Crippen LogP contribution in [0.25, 0.3) is 0 Å². The Kier molecular flexibility index (Phi) is 2.62. The minimum absolute atomic E-state index is 0.458. The van der Waals surface area contributed by atoms with Gasteiger partial charge in [-0.3, -0.25) is 0 Å². The Morgan fingerprint density at radius 2 is 2.00 bits per heavy atom. The van der Waals surface area contributed by atoms with E-state index in [9.17, 15) is 9.90 Å². The summed E-state index contributed by atoms with van der Waals surface area (Å²) in [6.45, 7) is 3.80. The molecule has 0 radical (unpaired) electrons. The fraction of sp³-hybridized carbons (Fsp3) is 0.417. The molecule has 15 heavy (non-hydrogen) atoms. The molecular weight excluding hydrogens is 190 g/mol. The Balaban J connectivity index is 2.45. The zero-order valence-corrected chi connectivity index (χ0v) is 8.86. The van der Waals surface area contributed by atoms with Gasteiger partial charge in [-0.1, -0.05) is 12.1 Å². The Morgan fingerprint density at radius 3 is 2.60 bits per heavy atom. The summed E-state index contributed by atoms with van der Waals surface area (Å²) < 4.78 is 0. The predicted octanol–water partition coefficient (Wildman–Crippen LogP) is 2.29. The van der Waals surface area contributed by atoms with Crippen LogP contribution in [0.4, 0.5) is 5.69 Å². The van der Waals surface area contributed by atoms with E-state index < -0.39 is 5.97 Å². The number of nitrogens with zero attached hydrogens (tertiary/aromatic N) is 1. The summed E-state index contributed by atoms with van der Waals surface area (Å²) in [7, 11) is 0. The van der Waals surface area contributed by atoms with Crippen LogP contribution in [-0.2, 0) is 0 Å². The quantitative estimate of drug-likeness (QED) is 0.805. The molecule has 1 N–H and O–H groups in total. The second-order valence-corrected chi connectivity index (χ2v) is 3.97. The number of carbonyl (C=O) groups is 1. The number of rotatable bonds is 2. The van der Waals surface area contributed by atoms with Crippen LogP contribution in [0.1, 0.15) is 28.8 Å². The number of anilines is 1. The van der Waals surface area contributed by atoms with Gasteiger partial charge in [0.05, 0.1) is 11.3 Å². The Labute approximate surface area is 89.3 Å². The molecule has 3 heteroatoms. The van der Waals surface area contributed by atoms with Crippen molar-refractivity contribution in [1.82, 2.24) is 0 Å². The second-order valence-electron chi connectivity index (χ2n) is 3.97. The number of benzene rings is 1. The fourth-order valence-electron chi connectivity index (χ4n) is 2.15. The summed E-state index contributed by atoms with van der Waals surface area (Å²) in [4.78, 5) is 13.3. The molecular formula is C12H15NO2. The first-order chi connectivity index (χ1) is 7.20. The van der Waals surface area contributed by atoms with Crippen molar-refractivity contribution in [2.24, 2.45) is 0 Å². The van der Waals surface area contributed by atoms with E-state index in [1.54, 1.807) is 0 Å². The van der Waals surface area contributed by atoms with Gasteiger partial charge in [0.2, 0.25) is 0 Å². The highest BCUT2D eigenvalue weighted by atomic mass is 16.4. The molecule has 2 rings (SSSR count). The lowest BCUT2D eigenvalue weighted by Gasteiger charge is -2.20. The zero-order valence-electron chi connectivity index (χ0n) is 8.86. The van der Waals surface area contributed by atoms with Gasteiger partial charge in [0.15, 0.2) is 0 Å². The van der Waals surface area contributed by atoms with Gasteiger partial charge in [0.25, 0.3) is 0 Å². The molecule has 1 aromatic carbocycles. The van der Waals surface area contributed by atoms with Crippen molar-refractivity contribution in [3.63, 3.8) is 0 Å². The van der Waals surface area contributed by atoms with Gasteiger partial charge in [-0.05, 0) is 31.4 Å². The Bertz CT molecular complexity index is 381. The molecule has 0 atom stereocenters. The lowest BCUT2D eigenvalue weighted by atomic mass is 10.1. The highest BCUT2D eigenvalue weighted by Crippen LogP contribution is 2.26. The molecule has 1 heterocycles. The number of carboxylic acids is 1. The van der Waals surface area contributed by atoms with Gasteiger partial charge in [-0.2, -0.15) is 0 Å². The third-order valence-electron chi connectivity index (χ3n) is 2.91. The van der Waals surface area contributed by atoms with E-state index in [1.807, 2.05) is 25.1 Å². The summed E-state index contributed by atoms with van der Waals surface area (Å²) in [6, 6.07) is 5.68. The molecule has 3 nitrogen and oxygen atoms in total. The van der Waals surface area contributed by atoms with E-state index in [-0.39, 0.29) is 0 Å². The number of hydrogen-bond acceptors (Lipinski definition) is 2. The van der Waals surface area contributed by atoms with Crippen LogP contribution < -0.4 is 4.90 Å². The number of aromatic carboxylic acids is 1. The molecule has 1 aromatic rings. The van der Waals surface area contributed by atoms with Crippen molar-refractivity contribution in [2.75, 3.05) is 18.0 Å². The predicted molar refractivity (Wildman–Crippen MR) is 59.6 cm³/mol. The molecule has 1 aliphatic rings. The van der Waals surface area contributed by atoms with Crippen molar-refractivity contribution in [3.05, 3.63) is 29.3 Å². The monoisotopic (exact) mass is 205 g/mol. The SMILES string of the molecule is Cc1cccc(N2CCCC2)c1C(=O)O. The first-order valence-electron chi connectivity index (χ1n) is 5.28. The third-order valence-corrected chi connectivity index (χ3v) is 2.91. The maximum absolute atomic E-state index is 11.2. The molecule has 1 fully saturated rings. The van der Waals surface area contributed by atoms with Crippen molar-refractivity contribution in [2.45, 2.75) is 19.8 Å². The van der Waals surface area contributed by atoms with Gasteiger partial charge < -0.3 is 10.0 Å². The van der Waals surface area contributed by atoms with E-state index in [1.165, 1.54) is 0 Å². The molecule has 0 saturated carbocycles. The van der Waals surface area contributed by atoms with Crippen LogP contribution in [0.5, 0.6) is 0 Å². The van der Waals surface area contributed by atoms with Crippen LogP contribution in [0.3, 0.4) is 0 Å². The largest absolute Gasteiger partial charge is 0.478 e. The molecule has 1 aliphatic heterocycles. The maximum Gasteiger partial charge on any atom is 0.338 e. The topological polar surface area (TPSA) is 40.5 Å². The Hall–Kier alpha value is -1.51. The van der Waals surface area contributed by atoms with Gasteiger partial charge >= 0.3 is 5.97 Å². The van der Waals surface area contributed by atoms with Crippen molar-refractivity contribution in [3.8, 4) is 0 Å². The fourth-order valence-corrected chi connectivity index (χ4v) is 2.15. The van der Waals surface area contributed by atoms with Crippen LogP contribution in [0.15, 0.2) is 18.2 Å². The van der Waals surface area contributed by atoms with Crippen LogP contribution in [-0.4, -0.2) is 24.2 Å². The van der Waals surface area contributed by atoms with Gasteiger partial charge in [0.1, 0.15) is 0 Å². The normalized spacial score (nSPS) is 15.7. The highest BCUT2D eigenvalue weighted by molar-refractivity contribution is 5.96. The van der Waals surface area contributed by atoms with Gasteiger partial charge in [-0.25, -0.2) is 4.79 Å². The van der Waals surface area contributed by atoms with E-state index in [0.717, 1.165) is 37.2 Å². The lowest BCUT2D eigenvalue weighted by molar-refractivity contribution is 0.0697. The Morgan fingerprint density at radius 1 is 1.33 bits per heavy atom. The number of carboxylic acid groups (broad SMARTS) is 1. The molecule has 0 amide bonds. The van der Waals surface area contributed by atoms with Crippen LogP contribution in [0.2, 0.25) is 0 Å². The summed E-state index contributed by atoms with van der Waals surface area (Å²) in [5, 5.41) is 9.18. The molecule has 0 bridgehead atoms. The molecule has 1 saturated heterocycles. The smallest absolute Gasteiger partial charge is 0.338 e. The van der Waals surface area contributed by atoms with Crippen LogP contribution in [0, 0.1) is 6.92 Å². The van der Waals surface area contributed by atoms with Gasteiger partial charge in [-0.15, -0.1) is 0 Å². The van der Waals surface area contributed by atoms with Crippen molar-refractivity contribution < 1.29 is 9.90 Å². The first-order valence-corrected chi connectivity index (χ1v) is 5.28. The van der Waals surface area contributed by atoms with E-state index in [4.69, 9.17) is 0 Å². The first kappa shape index (κ1) is 10.0. The summed E-state index contributed by atoms with van der Waals surface area (Å²) in [5.41, 5.74) is 2.17. The lowest BCUT2D eigenvalue weighted by Crippen LogP contribution is -2.21. The molecule has 0 aliphatic carbocycles. The maximum atomic E-state index is 11.2. The minimum Gasteiger partial charge on any atom is -0.478 e. The van der Waals surface area contributed by atoms with E-state index in [0.29, 0.717) is 5.56 Å². The minimum atomic E-state index is -0.824. The zero-order chi connectivity index (χ0) is 10.8. The standard InChI is InChI=1S/C12H15NO2/c1-9-5-4-6-10(11(9)12(14)15)13-7-2-3-8-13/h4-6H,2-3,7-8H2,1H3,(H,14,15). The average Bonchev–Trinajstić information content (AvgIpc) is 2.69.